The number of allylic oxidation sites excluding steroid dienone is 2. The number of carbonyl (C=O) groups excluding carboxylic acids is 1. The van der Waals surface area contributed by atoms with Crippen molar-refractivity contribution >= 4 is 6.29 Å². The van der Waals surface area contributed by atoms with Crippen molar-refractivity contribution in [1.29, 1.82) is 0 Å². The molecule has 66 valence electrons. The molecule has 0 saturated heterocycles. The average molecular weight is 164 g/mol. The number of rotatable bonds is 1. The van der Waals surface area contributed by atoms with Gasteiger partial charge in [-0.3, -0.25) is 0 Å². The van der Waals surface area contributed by atoms with Crippen LogP contribution in [0.5, 0.6) is 0 Å². The third kappa shape index (κ3) is 1.33. The minimum absolute atomic E-state index is 0.348. The number of hydrogen-bond acceptors (Lipinski definition) is 1. The number of carbonyl (C=O) groups is 1. The highest BCUT2D eigenvalue weighted by molar-refractivity contribution is 5.55. The van der Waals surface area contributed by atoms with Crippen molar-refractivity contribution in [2.45, 2.75) is 38.5 Å². The van der Waals surface area contributed by atoms with E-state index in [9.17, 15) is 4.79 Å². The monoisotopic (exact) mass is 164 g/mol. The third-order valence-electron chi connectivity index (χ3n) is 3.30. The molecule has 1 fully saturated rings. The molecule has 0 aromatic carbocycles. The Kier molecular flexibility index (Phi) is 2.29. The van der Waals surface area contributed by atoms with E-state index in [1.807, 2.05) is 0 Å². The Morgan fingerprint density at radius 2 is 2.25 bits per heavy atom. The molecular formula is C11H16O. The van der Waals surface area contributed by atoms with Crippen LogP contribution in [0.3, 0.4) is 0 Å². The Balaban J connectivity index is 2.15. The van der Waals surface area contributed by atoms with Crippen molar-refractivity contribution in [3.63, 3.8) is 0 Å². The molecule has 2 unspecified atom stereocenters. The average Bonchev–Trinajstić information content (AvgIpc) is 2.46. The lowest BCUT2D eigenvalue weighted by Crippen LogP contribution is -2.13. The summed E-state index contributed by atoms with van der Waals surface area (Å²) in [6.45, 7) is 0. The lowest BCUT2D eigenvalue weighted by Gasteiger charge is -2.17. The van der Waals surface area contributed by atoms with Crippen molar-refractivity contribution in [2.75, 3.05) is 0 Å². The van der Waals surface area contributed by atoms with Crippen molar-refractivity contribution in [3.8, 4) is 0 Å². The first-order valence-electron chi connectivity index (χ1n) is 5.06. The molecule has 0 bridgehead atoms. The Morgan fingerprint density at radius 3 is 3.08 bits per heavy atom. The predicted molar refractivity (Wildman–Crippen MR) is 48.8 cm³/mol. The highest BCUT2D eigenvalue weighted by atomic mass is 16.1. The standard InChI is InChI=1S/C11H16O/c12-8-10-5-2-1-4-9-6-3-7-11(9)10/h6,8,10-11H,1-5,7H2. The topological polar surface area (TPSA) is 17.1 Å². The van der Waals surface area contributed by atoms with Gasteiger partial charge >= 0.3 is 0 Å². The zero-order valence-corrected chi connectivity index (χ0v) is 7.46. The second-order valence-electron chi connectivity index (χ2n) is 4.01. The number of fused-ring (bicyclic) bond motifs is 1. The molecule has 1 heteroatoms. The molecule has 2 atom stereocenters. The molecule has 12 heavy (non-hydrogen) atoms. The number of aldehydes is 1. The van der Waals surface area contributed by atoms with E-state index in [1.54, 1.807) is 5.57 Å². The Hall–Kier alpha value is -0.590. The minimum Gasteiger partial charge on any atom is -0.303 e. The van der Waals surface area contributed by atoms with E-state index < -0.39 is 0 Å². The molecule has 2 aliphatic rings. The second kappa shape index (κ2) is 3.42. The zero-order chi connectivity index (χ0) is 8.39. The Labute approximate surface area is 73.8 Å². The van der Waals surface area contributed by atoms with Gasteiger partial charge in [-0.05, 0) is 38.0 Å². The van der Waals surface area contributed by atoms with E-state index in [1.165, 1.54) is 38.4 Å². The van der Waals surface area contributed by atoms with Crippen LogP contribution in [0.25, 0.3) is 0 Å². The van der Waals surface area contributed by atoms with Crippen molar-refractivity contribution < 1.29 is 4.79 Å². The highest BCUT2D eigenvalue weighted by Crippen LogP contribution is 2.39. The van der Waals surface area contributed by atoms with Crippen LogP contribution in [0.4, 0.5) is 0 Å². The molecule has 0 aliphatic heterocycles. The van der Waals surface area contributed by atoms with Gasteiger partial charge in [0.2, 0.25) is 0 Å². The van der Waals surface area contributed by atoms with E-state index in [0.717, 1.165) is 6.42 Å². The van der Waals surface area contributed by atoms with Gasteiger partial charge in [0.05, 0.1) is 0 Å². The summed E-state index contributed by atoms with van der Waals surface area (Å²) >= 11 is 0. The quantitative estimate of drug-likeness (QED) is 0.430. The van der Waals surface area contributed by atoms with Crippen LogP contribution in [0.2, 0.25) is 0 Å². The van der Waals surface area contributed by atoms with Gasteiger partial charge in [0.25, 0.3) is 0 Å². The summed E-state index contributed by atoms with van der Waals surface area (Å²) in [5.41, 5.74) is 1.59. The Bertz CT molecular complexity index is 205. The van der Waals surface area contributed by atoms with Gasteiger partial charge in [-0.15, -0.1) is 0 Å². The molecule has 0 N–H and O–H groups in total. The maximum Gasteiger partial charge on any atom is 0.123 e. The van der Waals surface area contributed by atoms with E-state index >= 15 is 0 Å². The molecule has 0 amide bonds. The maximum absolute atomic E-state index is 10.8. The lowest BCUT2D eigenvalue weighted by molar-refractivity contribution is -0.112. The summed E-state index contributed by atoms with van der Waals surface area (Å²) < 4.78 is 0. The fourth-order valence-electron chi connectivity index (χ4n) is 2.63. The third-order valence-corrected chi connectivity index (χ3v) is 3.30. The van der Waals surface area contributed by atoms with Gasteiger partial charge in [-0.2, -0.15) is 0 Å². The van der Waals surface area contributed by atoms with Crippen LogP contribution in [0.15, 0.2) is 11.6 Å². The van der Waals surface area contributed by atoms with E-state index in [2.05, 4.69) is 6.08 Å². The molecule has 1 saturated carbocycles. The molecule has 0 heterocycles. The smallest absolute Gasteiger partial charge is 0.123 e. The molecule has 2 rings (SSSR count). The van der Waals surface area contributed by atoms with Crippen molar-refractivity contribution in [1.82, 2.24) is 0 Å². The normalized spacial score (nSPS) is 35.2. The van der Waals surface area contributed by atoms with Gasteiger partial charge < -0.3 is 4.79 Å². The second-order valence-corrected chi connectivity index (χ2v) is 4.01. The van der Waals surface area contributed by atoms with Crippen molar-refractivity contribution in [3.05, 3.63) is 11.6 Å². The van der Waals surface area contributed by atoms with Crippen LogP contribution in [-0.4, -0.2) is 6.29 Å². The molecule has 1 nitrogen and oxygen atoms in total. The van der Waals surface area contributed by atoms with E-state index in [0.29, 0.717) is 11.8 Å². The van der Waals surface area contributed by atoms with Gasteiger partial charge in [-0.1, -0.05) is 18.1 Å². The van der Waals surface area contributed by atoms with Crippen LogP contribution < -0.4 is 0 Å². The summed E-state index contributed by atoms with van der Waals surface area (Å²) in [5, 5.41) is 0. The molecule has 0 aromatic heterocycles. The molecule has 0 spiro atoms. The first kappa shape index (κ1) is 8.03. The molecular weight excluding hydrogens is 148 g/mol. The van der Waals surface area contributed by atoms with Gasteiger partial charge in [0.1, 0.15) is 6.29 Å². The summed E-state index contributed by atoms with van der Waals surface area (Å²) in [5.74, 6) is 0.978. The summed E-state index contributed by atoms with van der Waals surface area (Å²) in [6.07, 6.45) is 10.9. The molecule has 0 aromatic rings. The first-order chi connectivity index (χ1) is 5.92. The molecule has 0 radical (unpaired) electrons. The first-order valence-corrected chi connectivity index (χ1v) is 5.06. The number of hydrogen-bond donors (Lipinski definition) is 0. The van der Waals surface area contributed by atoms with Crippen LogP contribution in [-0.2, 0) is 4.79 Å². The minimum atomic E-state index is 0.348. The van der Waals surface area contributed by atoms with Crippen LogP contribution in [0.1, 0.15) is 38.5 Å². The predicted octanol–water partition coefficient (Wildman–Crippen LogP) is 2.71. The van der Waals surface area contributed by atoms with Gasteiger partial charge in [-0.25, -0.2) is 0 Å². The highest BCUT2D eigenvalue weighted by Gasteiger charge is 2.28. The largest absolute Gasteiger partial charge is 0.303 e. The summed E-state index contributed by atoms with van der Waals surface area (Å²) in [4.78, 5) is 10.8. The Morgan fingerprint density at radius 1 is 1.33 bits per heavy atom. The van der Waals surface area contributed by atoms with Crippen LogP contribution >= 0.6 is 0 Å². The molecule has 2 aliphatic carbocycles. The van der Waals surface area contributed by atoms with E-state index in [4.69, 9.17) is 0 Å². The fraction of sp³-hybridized carbons (Fsp3) is 0.727. The van der Waals surface area contributed by atoms with Gasteiger partial charge in [0.15, 0.2) is 0 Å². The summed E-state index contributed by atoms with van der Waals surface area (Å²) in [6, 6.07) is 0. The zero-order valence-electron chi connectivity index (χ0n) is 7.46. The van der Waals surface area contributed by atoms with Crippen LogP contribution in [0, 0.1) is 11.8 Å². The van der Waals surface area contributed by atoms with Gasteiger partial charge in [0, 0.05) is 5.92 Å². The fourth-order valence-corrected chi connectivity index (χ4v) is 2.63. The van der Waals surface area contributed by atoms with Crippen molar-refractivity contribution in [2.24, 2.45) is 11.8 Å². The lowest BCUT2D eigenvalue weighted by atomic mass is 9.87. The van der Waals surface area contributed by atoms with E-state index in [-0.39, 0.29) is 0 Å². The maximum atomic E-state index is 10.8. The SMILES string of the molecule is O=CC1CCCCC2=CCCC21. The summed E-state index contributed by atoms with van der Waals surface area (Å²) in [7, 11) is 0.